The third-order valence-electron chi connectivity index (χ3n) is 5.20. The van der Waals surface area contributed by atoms with Crippen molar-refractivity contribution in [2.45, 2.75) is 30.3 Å². The second-order valence-electron chi connectivity index (χ2n) is 7.46. The number of aromatic nitrogens is 3. The first-order valence-corrected chi connectivity index (χ1v) is 11.5. The van der Waals surface area contributed by atoms with Crippen molar-refractivity contribution < 1.29 is 13.9 Å². The Morgan fingerprint density at radius 1 is 1.12 bits per heavy atom. The Bertz CT molecular complexity index is 1020. The predicted molar refractivity (Wildman–Crippen MR) is 124 cm³/mol. The second kappa shape index (κ2) is 10.6. The lowest BCUT2D eigenvalue weighted by molar-refractivity contribution is -0.115. The molecule has 7 nitrogen and oxygen atoms in total. The molecule has 1 fully saturated rings. The van der Waals surface area contributed by atoms with Gasteiger partial charge in [-0.1, -0.05) is 49.0 Å². The minimum Gasteiger partial charge on any atom is -0.378 e. The number of thioether (sulfide) groups is 1. The van der Waals surface area contributed by atoms with Gasteiger partial charge in [-0.25, -0.2) is 4.39 Å². The number of anilines is 2. The number of carbonyl (C=O) groups is 1. The van der Waals surface area contributed by atoms with Gasteiger partial charge in [0.05, 0.1) is 25.0 Å². The molecule has 1 N–H and O–H groups in total. The van der Waals surface area contributed by atoms with E-state index in [1.807, 2.05) is 25.1 Å². The molecule has 3 aromatic rings. The molecule has 1 amide bonds. The summed E-state index contributed by atoms with van der Waals surface area (Å²) in [5.41, 5.74) is 1.70. The van der Waals surface area contributed by atoms with E-state index in [1.54, 1.807) is 12.1 Å². The molecule has 2 aromatic carbocycles. The van der Waals surface area contributed by atoms with Crippen molar-refractivity contribution in [3.8, 4) is 0 Å². The van der Waals surface area contributed by atoms with Crippen LogP contribution in [0.3, 0.4) is 0 Å². The highest BCUT2D eigenvalue weighted by Crippen LogP contribution is 2.29. The van der Waals surface area contributed by atoms with E-state index >= 15 is 0 Å². The van der Waals surface area contributed by atoms with E-state index in [0.717, 1.165) is 24.6 Å². The smallest absolute Gasteiger partial charge is 0.237 e. The number of benzene rings is 2. The van der Waals surface area contributed by atoms with Crippen LogP contribution >= 0.6 is 11.8 Å². The Kier molecular flexibility index (Phi) is 7.39. The number of nitrogens with one attached hydrogen (secondary N) is 1. The fraction of sp³-hybridized carbons (Fsp3) is 0.348. The highest BCUT2D eigenvalue weighted by Gasteiger charge is 2.25. The predicted octanol–water partition coefficient (Wildman–Crippen LogP) is 3.81. The SMILES string of the molecule is CCC(Sc1nnc(N2CCOCC2)n1Cc1ccccc1)C(=O)Nc1ccc(F)cc1. The van der Waals surface area contributed by atoms with Gasteiger partial charge in [-0.15, -0.1) is 10.2 Å². The first kappa shape index (κ1) is 22.3. The molecule has 0 spiro atoms. The molecule has 9 heteroatoms. The maximum absolute atomic E-state index is 13.2. The number of ether oxygens (including phenoxy) is 1. The fourth-order valence-corrected chi connectivity index (χ4v) is 4.42. The van der Waals surface area contributed by atoms with Gasteiger partial charge in [0.1, 0.15) is 5.82 Å². The quantitative estimate of drug-likeness (QED) is 0.521. The van der Waals surface area contributed by atoms with Crippen molar-refractivity contribution >= 4 is 29.3 Å². The van der Waals surface area contributed by atoms with Crippen LogP contribution in [0.1, 0.15) is 18.9 Å². The van der Waals surface area contributed by atoms with E-state index in [4.69, 9.17) is 4.74 Å². The Morgan fingerprint density at radius 2 is 1.84 bits per heavy atom. The summed E-state index contributed by atoms with van der Waals surface area (Å²) in [4.78, 5) is 15.1. The Hall–Kier alpha value is -2.91. The van der Waals surface area contributed by atoms with Crippen molar-refractivity contribution in [3.63, 3.8) is 0 Å². The third-order valence-corrected chi connectivity index (χ3v) is 6.54. The molecule has 1 unspecified atom stereocenters. The van der Waals surface area contributed by atoms with Crippen LogP contribution in [0.4, 0.5) is 16.0 Å². The zero-order valence-electron chi connectivity index (χ0n) is 17.9. The molecular weight excluding hydrogens is 429 g/mol. The monoisotopic (exact) mass is 455 g/mol. The van der Waals surface area contributed by atoms with Gasteiger partial charge in [-0.05, 0) is 36.2 Å². The summed E-state index contributed by atoms with van der Waals surface area (Å²) in [6.07, 6.45) is 0.614. The van der Waals surface area contributed by atoms with Crippen LogP contribution < -0.4 is 10.2 Å². The molecule has 1 saturated heterocycles. The topological polar surface area (TPSA) is 72.3 Å². The standard InChI is InChI=1S/C23H26FN5O2S/c1-2-20(21(30)25-19-10-8-18(24)9-11-19)32-23-27-26-22(28-12-14-31-15-13-28)29(23)16-17-6-4-3-5-7-17/h3-11,20H,2,12-16H2,1H3,(H,25,30). The lowest BCUT2D eigenvalue weighted by Gasteiger charge is -2.28. The summed E-state index contributed by atoms with van der Waals surface area (Å²) >= 11 is 1.40. The van der Waals surface area contributed by atoms with Crippen LogP contribution in [0, 0.1) is 5.82 Å². The summed E-state index contributed by atoms with van der Waals surface area (Å²) in [6, 6.07) is 15.9. The van der Waals surface area contributed by atoms with E-state index in [-0.39, 0.29) is 17.0 Å². The number of hydrogen-bond donors (Lipinski definition) is 1. The lowest BCUT2D eigenvalue weighted by Crippen LogP contribution is -2.38. The summed E-state index contributed by atoms with van der Waals surface area (Å²) < 4.78 is 20.7. The molecular formula is C23H26FN5O2S. The van der Waals surface area contributed by atoms with Crippen molar-refractivity contribution in [3.05, 3.63) is 66.0 Å². The minimum atomic E-state index is -0.365. The number of morpholine rings is 1. The van der Waals surface area contributed by atoms with E-state index in [9.17, 15) is 9.18 Å². The number of halogens is 1. The Morgan fingerprint density at radius 3 is 2.53 bits per heavy atom. The molecule has 0 aliphatic carbocycles. The average Bonchev–Trinajstić information content (AvgIpc) is 3.22. The Balaban J connectivity index is 1.55. The van der Waals surface area contributed by atoms with Crippen LogP contribution in [0.15, 0.2) is 59.8 Å². The summed E-state index contributed by atoms with van der Waals surface area (Å²) in [5, 5.41) is 12.1. The van der Waals surface area contributed by atoms with Crippen LogP contribution in [0.2, 0.25) is 0 Å². The molecule has 2 heterocycles. The van der Waals surface area contributed by atoms with Crippen molar-refractivity contribution in [2.75, 3.05) is 36.5 Å². The third kappa shape index (κ3) is 5.46. The zero-order valence-corrected chi connectivity index (χ0v) is 18.7. The first-order valence-electron chi connectivity index (χ1n) is 10.7. The largest absolute Gasteiger partial charge is 0.378 e. The van der Waals surface area contributed by atoms with Gasteiger partial charge in [-0.2, -0.15) is 0 Å². The van der Waals surface area contributed by atoms with E-state index in [2.05, 4.69) is 37.1 Å². The normalized spacial score (nSPS) is 14.9. The van der Waals surface area contributed by atoms with Crippen LogP contribution in [0.5, 0.6) is 0 Å². The zero-order chi connectivity index (χ0) is 22.3. The number of nitrogens with zero attached hydrogens (tertiary/aromatic N) is 4. The van der Waals surface area contributed by atoms with Crippen LogP contribution in [0.25, 0.3) is 0 Å². The van der Waals surface area contributed by atoms with Crippen LogP contribution in [-0.4, -0.2) is 52.2 Å². The van der Waals surface area contributed by atoms with E-state index < -0.39 is 0 Å². The summed E-state index contributed by atoms with van der Waals surface area (Å²) in [7, 11) is 0. The van der Waals surface area contributed by atoms with Gasteiger partial charge in [0.2, 0.25) is 11.9 Å². The molecule has 4 rings (SSSR count). The molecule has 0 radical (unpaired) electrons. The summed E-state index contributed by atoms with van der Waals surface area (Å²) in [6.45, 7) is 5.37. The molecule has 1 aromatic heterocycles. The maximum Gasteiger partial charge on any atom is 0.237 e. The molecule has 0 bridgehead atoms. The lowest BCUT2D eigenvalue weighted by atomic mass is 10.2. The van der Waals surface area contributed by atoms with Gasteiger partial charge >= 0.3 is 0 Å². The molecule has 168 valence electrons. The van der Waals surface area contributed by atoms with Gasteiger partial charge in [0.15, 0.2) is 5.16 Å². The average molecular weight is 456 g/mol. The molecule has 1 aliphatic rings. The molecule has 1 aliphatic heterocycles. The molecule has 1 atom stereocenters. The maximum atomic E-state index is 13.2. The highest BCUT2D eigenvalue weighted by molar-refractivity contribution is 8.00. The van der Waals surface area contributed by atoms with Crippen molar-refractivity contribution in [1.29, 1.82) is 0 Å². The summed E-state index contributed by atoms with van der Waals surface area (Å²) in [5.74, 6) is 0.300. The van der Waals surface area contributed by atoms with Gasteiger partial charge in [-0.3, -0.25) is 9.36 Å². The van der Waals surface area contributed by atoms with E-state index in [0.29, 0.717) is 37.0 Å². The number of carbonyl (C=O) groups excluding carboxylic acids is 1. The fourth-order valence-electron chi connectivity index (χ4n) is 3.48. The number of rotatable bonds is 8. The second-order valence-corrected chi connectivity index (χ2v) is 8.63. The number of hydrogen-bond acceptors (Lipinski definition) is 6. The van der Waals surface area contributed by atoms with Gasteiger partial charge in [0.25, 0.3) is 0 Å². The highest BCUT2D eigenvalue weighted by atomic mass is 32.2. The molecule has 0 saturated carbocycles. The van der Waals surface area contributed by atoms with E-state index in [1.165, 1.54) is 23.9 Å². The number of amides is 1. The first-order chi connectivity index (χ1) is 15.6. The van der Waals surface area contributed by atoms with Gasteiger partial charge in [0, 0.05) is 18.8 Å². The Labute approximate surface area is 191 Å². The van der Waals surface area contributed by atoms with Crippen molar-refractivity contribution in [1.82, 2.24) is 14.8 Å². The van der Waals surface area contributed by atoms with Gasteiger partial charge < -0.3 is 15.0 Å². The molecule has 32 heavy (non-hydrogen) atoms. The van der Waals surface area contributed by atoms with Crippen LogP contribution in [-0.2, 0) is 16.1 Å². The minimum absolute atomic E-state index is 0.147. The van der Waals surface area contributed by atoms with Crippen molar-refractivity contribution in [2.24, 2.45) is 0 Å².